The zero-order chi connectivity index (χ0) is 14.7. The third-order valence-electron chi connectivity index (χ3n) is 2.66. The van der Waals surface area contributed by atoms with Crippen LogP contribution in [0.2, 0.25) is 19.1 Å². The van der Waals surface area contributed by atoms with Gasteiger partial charge in [-0.3, -0.25) is 0 Å². The Kier molecular flexibility index (Phi) is 12.6. The van der Waals surface area contributed by atoms with Gasteiger partial charge in [0.1, 0.15) is 0 Å². The average molecular weight is 299 g/mol. The van der Waals surface area contributed by atoms with Gasteiger partial charge < -0.3 is 29.2 Å². The lowest BCUT2D eigenvalue weighted by molar-refractivity contribution is 0.123. The van der Waals surface area contributed by atoms with Gasteiger partial charge in [-0.15, -0.1) is 0 Å². The van der Waals surface area contributed by atoms with E-state index in [0.29, 0.717) is 12.7 Å². The standard InChI is InChI=1S/C6H17NO3Si.C4H13NOSi/c1-8-11(9-2,10-3)6-4-5-7;1-6-7(2,3)4-5/h4-7H2,1-3H3;4-5H2,1-3H3. The second-order valence-electron chi connectivity index (χ2n) is 4.36. The highest BCUT2D eigenvalue weighted by Crippen LogP contribution is 2.13. The molecule has 0 fully saturated rings. The summed E-state index contributed by atoms with van der Waals surface area (Å²) in [6.07, 6.45) is 1.59. The molecule has 0 saturated carbocycles. The monoisotopic (exact) mass is 298 g/mol. The van der Waals surface area contributed by atoms with Gasteiger partial charge in [0.05, 0.1) is 0 Å². The molecular weight excluding hydrogens is 268 g/mol. The Hall–Kier alpha value is 0.194. The Balaban J connectivity index is 0. The normalized spacial score (nSPS) is 12.0. The van der Waals surface area contributed by atoms with E-state index in [4.69, 9.17) is 29.2 Å². The van der Waals surface area contributed by atoms with Crippen molar-refractivity contribution in [2.24, 2.45) is 11.5 Å². The van der Waals surface area contributed by atoms with Crippen molar-refractivity contribution in [2.45, 2.75) is 25.6 Å². The van der Waals surface area contributed by atoms with E-state index < -0.39 is 17.1 Å². The summed E-state index contributed by atoms with van der Waals surface area (Å²) in [6.45, 7) is 4.82. The van der Waals surface area contributed by atoms with E-state index in [-0.39, 0.29) is 0 Å². The maximum atomic E-state index is 5.36. The lowest BCUT2D eigenvalue weighted by Gasteiger charge is -2.23. The van der Waals surface area contributed by atoms with Crippen molar-refractivity contribution in [1.29, 1.82) is 0 Å². The molecule has 0 atom stereocenters. The second kappa shape index (κ2) is 11.1. The molecule has 0 bridgehead atoms. The highest BCUT2D eigenvalue weighted by molar-refractivity contribution is 6.71. The molecule has 0 aliphatic carbocycles. The third kappa shape index (κ3) is 9.17. The van der Waals surface area contributed by atoms with Crippen molar-refractivity contribution in [2.75, 3.05) is 41.2 Å². The van der Waals surface area contributed by atoms with Crippen molar-refractivity contribution in [3.05, 3.63) is 0 Å². The van der Waals surface area contributed by atoms with Crippen LogP contribution in [0.5, 0.6) is 0 Å². The van der Waals surface area contributed by atoms with Crippen LogP contribution in [-0.4, -0.2) is 58.3 Å². The molecule has 18 heavy (non-hydrogen) atoms. The highest BCUT2D eigenvalue weighted by Gasteiger charge is 2.36. The summed E-state index contributed by atoms with van der Waals surface area (Å²) in [4.78, 5) is 0. The van der Waals surface area contributed by atoms with Gasteiger partial charge in [0.2, 0.25) is 0 Å². The number of hydrogen-bond acceptors (Lipinski definition) is 6. The fourth-order valence-corrected chi connectivity index (χ4v) is 2.87. The van der Waals surface area contributed by atoms with Crippen LogP contribution in [0.4, 0.5) is 0 Å². The van der Waals surface area contributed by atoms with Gasteiger partial charge in [0.25, 0.3) is 0 Å². The molecule has 0 spiro atoms. The summed E-state index contributed by atoms with van der Waals surface area (Å²) >= 11 is 0. The molecule has 0 aliphatic heterocycles. The number of hydrogen-bond donors (Lipinski definition) is 2. The first-order valence-corrected chi connectivity index (χ1v) is 11.0. The maximum Gasteiger partial charge on any atom is 0.500 e. The van der Waals surface area contributed by atoms with Crippen molar-refractivity contribution >= 4 is 17.1 Å². The van der Waals surface area contributed by atoms with Crippen molar-refractivity contribution in [3.63, 3.8) is 0 Å². The summed E-state index contributed by atoms with van der Waals surface area (Å²) in [5.41, 5.74) is 10.7. The quantitative estimate of drug-likeness (QED) is 0.636. The van der Waals surface area contributed by atoms with Crippen LogP contribution in [0.15, 0.2) is 0 Å². The Bertz CT molecular complexity index is 178. The summed E-state index contributed by atoms with van der Waals surface area (Å²) in [6, 6.07) is 0.785. The lowest BCUT2D eigenvalue weighted by atomic mass is 10.5. The first kappa shape index (κ1) is 20.5. The average Bonchev–Trinajstić information content (AvgIpc) is 2.42. The largest absolute Gasteiger partial charge is 0.500 e. The minimum absolute atomic E-state index is 0.644. The van der Waals surface area contributed by atoms with Crippen LogP contribution in [0, 0.1) is 0 Å². The van der Waals surface area contributed by atoms with Gasteiger partial charge in [-0.05, 0) is 26.1 Å². The lowest BCUT2D eigenvalue weighted by Crippen LogP contribution is -2.42. The van der Waals surface area contributed by atoms with E-state index in [1.807, 2.05) is 0 Å². The highest BCUT2D eigenvalue weighted by atomic mass is 28.4. The molecule has 0 aromatic heterocycles. The maximum absolute atomic E-state index is 5.36. The van der Waals surface area contributed by atoms with Crippen LogP contribution in [0.1, 0.15) is 6.42 Å². The van der Waals surface area contributed by atoms with E-state index in [0.717, 1.165) is 12.5 Å². The van der Waals surface area contributed by atoms with Gasteiger partial charge in [0, 0.05) is 40.7 Å². The Morgan fingerprint density at radius 3 is 1.44 bits per heavy atom. The first-order valence-electron chi connectivity index (χ1n) is 5.97. The van der Waals surface area contributed by atoms with Gasteiger partial charge >= 0.3 is 8.80 Å². The Morgan fingerprint density at radius 2 is 1.28 bits per heavy atom. The van der Waals surface area contributed by atoms with Crippen LogP contribution < -0.4 is 11.5 Å². The summed E-state index contributed by atoms with van der Waals surface area (Å²) in [5, 5.41) is 0. The van der Waals surface area contributed by atoms with E-state index in [9.17, 15) is 0 Å². The van der Waals surface area contributed by atoms with Crippen LogP contribution in [0.25, 0.3) is 0 Å². The number of rotatable bonds is 8. The summed E-state index contributed by atoms with van der Waals surface area (Å²) < 4.78 is 20.6. The van der Waals surface area contributed by atoms with Gasteiger partial charge in [-0.25, -0.2) is 0 Å². The molecule has 0 amide bonds. The smallest absolute Gasteiger partial charge is 0.419 e. The Morgan fingerprint density at radius 1 is 0.833 bits per heavy atom. The number of nitrogens with two attached hydrogens (primary N) is 2. The first-order chi connectivity index (χ1) is 8.36. The molecular formula is C10H30N2O4Si2. The van der Waals surface area contributed by atoms with Crippen LogP contribution in [0.3, 0.4) is 0 Å². The summed E-state index contributed by atoms with van der Waals surface area (Å²) in [7, 11) is 2.85. The fourth-order valence-electron chi connectivity index (χ4n) is 0.958. The molecule has 4 N–H and O–H groups in total. The third-order valence-corrected chi connectivity index (χ3v) is 7.58. The van der Waals surface area contributed by atoms with Crippen molar-refractivity contribution in [3.8, 4) is 0 Å². The van der Waals surface area contributed by atoms with E-state index in [1.54, 1.807) is 28.4 Å². The molecule has 0 aliphatic rings. The molecule has 0 rings (SSSR count). The van der Waals surface area contributed by atoms with Gasteiger partial charge in [-0.2, -0.15) is 0 Å². The minimum Gasteiger partial charge on any atom is -0.419 e. The van der Waals surface area contributed by atoms with Crippen LogP contribution >= 0.6 is 0 Å². The molecule has 0 aromatic carbocycles. The molecule has 0 aromatic rings. The molecule has 0 radical (unpaired) electrons. The predicted molar refractivity (Wildman–Crippen MR) is 78.8 cm³/mol. The van der Waals surface area contributed by atoms with Gasteiger partial charge in [0.15, 0.2) is 8.32 Å². The second-order valence-corrected chi connectivity index (χ2v) is 11.8. The minimum atomic E-state index is -2.32. The molecule has 6 nitrogen and oxygen atoms in total. The van der Waals surface area contributed by atoms with Crippen molar-refractivity contribution < 1.29 is 17.7 Å². The summed E-state index contributed by atoms with van der Waals surface area (Å²) in [5.74, 6) is 0. The predicted octanol–water partition coefficient (Wildman–Crippen LogP) is 0.549. The zero-order valence-corrected chi connectivity index (χ0v) is 14.6. The molecule has 0 heterocycles. The molecule has 0 unspecified atom stereocenters. The van der Waals surface area contributed by atoms with Crippen LogP contribution in [-0.2, 0) is 17.7 Å². The Labute approximate surface area is 113 Å². The van der Waals surface area contributed by atoms with E-state index in [2.05, 4.69) is 13.1 Å². The topological polar surface area (TPSA) is 89.0 Å². The van der Waals surface area contributed by atoms with E-state index >= 15 is 0 Å². The SMILES string of the molecule is CO[Si](C)(C)CN.CO[Si](CCCN)(OC)OC. The van der Waals surface area contributed by atoms with Gasteiger partial charge in [-0.1, -0.05) is 0 Å². The molecule has 8 heteroatoms. The molecule has 0 saturated heterocycles. The fraction of sp³-hybridized carbons (Fsp3) is 1.00. The zero-order valence-electron chi connectivity index (χ0n) is 12.6. The van der Waals surface area contributed by atoms with Crippen molar-refractivity contribution in [1.82, 2.24) is 0 Å². The van der Waals surface area contributed by atoms with E-state index in [1.165, 1.54) is 0 Å². The molecule has 112 valence electrons.